The summed E-state index contributed by atoms with van der Waals surface area (Å²) in [6.45, 7) is 0.846. The molecule has 0 aliphatic carbocycles. The zero-order chi connectivity index (χ0) is 19.4. The molecule has 1 saturated heterocycles. The van der Waals surface area contributed by atoms with E-state index in [0.717, 1.165) is 0 Å². The number of carboxylic acids is 1. The SMILES string of the molecule is O=C(NC1CCN(C(=O)c2cccc(C(=O)O)n2)CC1)c1ccc(F)cc1. The molecule has 2 aromatic rings. The Balaban J connectivity index is 1.56. The van der Waals surface area contributed by atoms with Crippen LogP contribution in [0.15, 0.2) is 42.5 Å². The molecule has 27 heavy (non-hydrogen) atoms. The van der Waals surface area contributed by atoms with E-state index in [0.29, 0.717) is 31.5 Å². The van der Waals surface area contributed by atoms with E-state index in [2.05, 4.69) is 10.3 Å². The number of carbonyl (C=O) groups excluding carboxylic acids is 2. The maximum absolute atomic E-state index is 12.9. The van der Waals surface area contributed by atoms with E-state index in [1.807, 2.05) is 0 Å². The molecule has 0 radical (unpaired) electrons. The molecule has 0 unspecified atom stereocenters. The molecule has 1 fully saturated rings. The third-order valence-corrected chi connectivity index (χ3v) is 4.41. The third-order valence-electron chi connectivity index (χ3n) is 4.41. The minimum atomic E-state index is -1.19. The fourth-order valence-electron chi connectivity index (χ4n) is 2.93. The maximum Gasteiger partial charge on any atom is 0.354 e. The number of aromatic carboxylic acids is 1. The number of likely N-dealkylation sites (tertiary alicyclic amines) is 1. The van der Waals surface area contributed by atoms with E-state index in [1.165, 1.54) is 42.5 Å². The summed E-state index contributed by atoms with van der Waals surface area (Å²) in [6.07, 6.45) is 1.13. The Morgan fingerprint density at radius 3 is 2.30 bits per heavy atom. The van der Waals surface area contributed by atoms with Gasteiger partial charge in [-0.3, -0.25) is 9.59 Å². The molecule has 1 aliphatic rings. The van der Waals surface area contributed by atoms with Crippen LogP contribution >= 0.6 is 0 Å². The molecule has 2 amide bonds. The van der Waals surface area contributed by atoms with Crippen molar-refractivity contribution < 1.29 is 23.9 Å². The van der Waals surface area contributed by atoms with Crippen molar-refractivity contribution in [2.24, 2.45) is 0 Å². The largest absolute Gasteiger partial charge is 0.477 e. The van der Waals surface area contributed by atoms with Gasteiger partial charge in [0.05, 0.1) is 0 Å². The summed E-state index contributed by atoms with van der Waals surface area (Å²) in [7, 11) is 0. The first kappa shape index (κ1) is 18.5. The number of aromatic nitrogens is 1. The summed E-state index contributed by atoms with van der Waals surface area (Å²) in [5.41, 5.74) is 0.288. The Labute approximate surface area is 154 Å². The van der Waals surface area contributed by atoms with Crippen LogP contribution in [0.2, 0.25) is 0 Å². The van der Waals surface area contributed by atoms with Gasteiger partial charge in [-0.05, 0) is 49.2 Å². The summed E-state index contributed by atoms with van der Waals surface area (Å²) in [6, 6.07) is 9.51. The predicted octanol–water partition coefficient (Wildman–Crippen LogP) is 1.95. The van der Waals surface area contributed by atoms with Crippen LogP contribution in [0.1, 0.15) is 44.2 Å². The van der Waals surface area contributed by atoms with Crippen LogP contribution in [-0.2, 0) is 0 Å². The number of piperidine rings is 1. The Morgan fingerprint density at radius 2 is 1.67 bits per heavy atom. The van der Waals surface area contributed by atoms with Crippen molar-refractivity contribution in [3.8, 4) is 0 Å². The molecule has 7 nitrogen and oxygen atoms in total. The van der Waals surface area contributed by atoms with Crippen LogP contribution in [0.5, 0.6) is 0 Å². The van der Waals surface area contributed by atoms with Gasteiger partial charge in [0.15, 0.2) is 0 Å². The lowest BCUT2D eigenvalue weighted by Crippen LogP contribution is -2.46. The molecule has 0 saturated carbocycles. The Hall–Kier alpha value is -3.29. The molecule has 2 heterocycles. The topological polar surface area (TPSA) is 99.6 Å². The van der Waals surface area contributed by atoms with Gasteiger partial charge >= 0.3 is 5.97 Å². The van der Waals surface area contributed by atoms with E-state index in [-0.39, 0.29) is 29.2 Å². The van der Waals surface area contributed by atoms with E-state index in [4.69, 9.17) is 5.11 Å². The summed E-state index contributed by atoms with van der Waals surface area (Å²) in [5.74, 6) is -2.21. The molecule has 1 aliphatic heterocycles. The number of nitrogens with one attached hydrogen (secondary N) is 1. The van der Waals surface area contributed by atoms with Crippen molar-refractivity contribution in [3.05, 3.63) is 65.2 Å². The fraction of sp³-hybridized carbons (Fsp3) is 0.263. The lowest BCUT2D eigenvalue weighted by molar-refractivity contribution is 0.0686. The summed E-state index contributed by atoms with van der Waals surface area (Å²) >= 11 is 0. The smallest absolute Gasteiger partial charge is 0.354 e. The number of benzene rings is 1. The fourth-order valence-corrected chi connectivity index (χ4v) is 2.93. The number of pyridine rings is 1. The second kappa shape index (κ2) is 7.94. The monoisotopic (exact) mass is 371 g/mol. The highest BCUT2D eigenvalue weighted by molar-refractivity contribution is 5.95. The van der Waals surface area contributed by atoms with Crippen molar-refractivity contribution in [2.45, 2.75) is 18.9 Å². The highest BCUT2D eigenvalue weighted by Crippen LogP contribution is 2.14. The number of carbonyl (C=O) groups is 3. The lowest BCUT2D eigenvalue weighted by Gasteiger charge is -2.32. The third kappa shape index (κ3) is 4.46. The zero-order valence-electron chi connectivity index (χ0n) is 14.4. The highest BCUT2D eigenvalue weighted by Gasteiger charge is 2.26. The molecule has 8 heteroatoms. The number of hydrogen-bond donors (Lipinski definition) is 2. The molecule has 0 spiro atoms. The van der Waals surface area contributed by atoms with Crippen LogP contribution in [-0.4, -0.2) is 51.9 Å². The quantitative estimate of drug-likeness (QED) is 0.856. The van der Waals surface area contributed by atoms with E-state index >= 15 is 0 Å². The molecule has 0 bridgehead atoms. The summed E-state index contributed by atoms with van der Waals surface area (Å²) in [5, 5.41) is 11.9. The molecule has 1 aromatic carbocycles. The molecular formula is C19H18FN3O4. The van der Waals surface area contributed by atoms with Gasteiger partial charge in [-0.2, -0.15) is 0 Å². The minimum absolute atomic E-state index is 0.0868. The Bertz CT molecular complexity index is 862. The standard InChI is InChI=1S/C19H18FN3O4/c20-13-6-4-12(5-7-13)17(24)21-14-8-10-23(11-9-14)18(25)15-2-1-3-16(22-15)19(26)27/h1-7,14H,8-11H2,(H,21,24)(H,26,27). The van der Waals surface area contributed by atoms with Crippen LogP contribution in [0, 0.1) is 5.82 Å². The minimum Gasteiger partial charge on any atom is -0.477 e. The number of amides is 2. The number of carboxylic acid groups (broad SMARTS) is 1. The van der Waals surface area contributed by atoms with E-state index in [9.17, 15) is 18.8 Å². The molecule has 1 aromatic heterocycles. The van der Waals surface area contributed by atoms with Gasteiger partial charge in [-0.25, -0.2) is 14.2 Å². The van der Waals surface area contributed by atoms with E-state index in [1.54, 1.807) is 4.90 Å². The van der Waals surface area contributed by atoms with Gasteiger partial charge in [0.2, 0.25) is 0 Å². The molecule has 140 valence electrons. The van der Waals surface area contributed by atoms with Gasteiger partial charge in [-0.15, -0.1) is 0 Å². The van der Waals surface area contributed by atoms with E-state index < -0.39 is 11.8 Å². The maximum atomic E-state index is 12.9. The molecule has 0 atom stereocenters. The van der Waals surface area contributed by atoms with Gasteiger partial charge in [-0.1, -0.05) is 6.07 Å². The highest BCUT2D eigenvalue weighted by atomic mass is 19.1. The number of nitrogens with zero attached hydrogens (tertiary/aromatic N) is 2. The second-order valence-corrected chi connectivity index (χ2v) is 6.26. The van der Waals surface area contributed by atoms with Crippen LogP contribution < -0.4 is 5.32 Å². The van der Waals surface area contributed by atoms with Crippen molar-refractivity contribution in [1.29, 1.82) is 0 Å². The number of rotatable bonds is 4. The lowest BCUT2D eigenvalue weighted by atomic mass is 10.0. The van der Waals surface area contributed by atoms with Crippen molar-refractivity contribution in [1.82, 2.24) is 15.2 Å². The normalized spacial score (nSPS) is 14.6. The molecular weight excluding hydrogens is 353 g/mol. The van der Waals surface area contributed by atoms with Gasteiger partial charge < -0.3 is 15.3 Å². The van der Waals surface area contributed by atoms with Crippen molar-refractivity contribution >= 4 is 17.8 Å². The average molecular weight is 371 g/mol. The average Bonchev–Trinajstić information content (AvgIpc) is 2.68. The first-order valence-electron chi connectivity index (χ1n) is 8.50. The first-order chi connectivity index (χ1) is 12.9. The van der Waals surface area contributed by atoms with Crippen LogP contribution in [0.4, 0.5) is 4.39 Å². The molecule has 3 rings (SSSR count). The summed E-state index contributed by atoms with van der Waals surface area (Å²) in [4.78, 5) is 41.1. The first-order valence-corrected chi connectivity index (χ1v) is 8.50. The number of hydrogen-bond acceptors (Lipinski definition) is 4. The summed E-state index contributed by atoms with van der Waals surface area (Å²) < 4.78 is 12.9. The second-order valence-electron chi connectivity index (χ2n) is 6.26. The Morgan fingerprint density at radius 1 is 1.04 bits per heavy atom. The Kier molecular flexibility index (Phi) is 5.44. The molecule has 2 N–H and O–H groups in total. The van der Waals surface area contributed by atoms with Crippen LogP contribution in [0.3, 0.4) is 0 Å². The van der Waals surface area contributed by atoms with Gasteiger partial charge in [0.1, 0.15) is 17.2 Å². The zero-order valence-corrected chi connectivity index (χ0v) is 14.4. The van der Waals surface area contributed by atoms with Gasteiger partial charge in [0, 0.05) is 24.7 Å². The van der Waals surface area contributed by atoms with Crippen molar-refractivity contribution in [2.75, 3.05) is 13.1 Å². The van der Waals surface area contributed by atoms with Crippen molar-refractivity contribution in [3.63, 3.8) is 0 Å². The van der Waals surface area contributed by atoms with Gasteiger partial charge in [0.25, 0.3) is 11.8 Å². The van der Waals surface area contributed by atoms with Crippen LogP contribution in [0.25, 0.3) is 0 Å². The predicted molar refractivity (Wildman–Crippen MR) is 94.0 cm³/mol. The number of halogens is 1.